The Balaban J connectivity index is 1.34. The number of hydrogen-bond acceptors (Lipinski definition) is 6. The quantitative estimate of drug-likeness (QED) is 0.365. The minimum absolute atomic E-state index is 0.0573. The van der Waals surface area contributed by atoms with Gasteiger partial charge < -0.3 is 25.8 Å². The Hall–Kier alpha value is -3.98. The van der Waals surface area contributed by atoms with Crippen LogP contribution >= 0.6 is 11.8 Å². The van der Waals surface area contributed by atoms with Crippen LogP contribution in [0.15, 0.2) is 72.8 Å². The minimum atomic E-state index is -0.892. The number of thioether (sulfide) groups is 1. The summed E-state index contributed by atoms with van der Waals surface area (Å²) in [6.07, 6.45) is 0.883. The zero-order chi connectivity index (χ0) is 26.2. The van der Waals surface area contributed by atoms with E-state index in [2.05, 4.69) is 34.9 Å². The summed E-state index contributed by atoms with van der Waals surface area (Å²) in [7, 11) is 0. The molecule has 4 rings (SSSR count). The molecule has 0 heterocycles. The number of fused-ring (bicyclic) bond motifs is 3. The van der Waals surface area contributed by atoms with E-state index in [4.69, 9.17) is 15.2 Å². The first-order valence-corrected chi connectivity index (χ1v) is 13.3. The number of benzene rings is 3. The maximum atomic E-state index is 12.9. The molecular weight excluding hydrogens is 490 g/mol. The lowest BCUT2D eigenvalue weighted by molar-refractivity contribution is -0.123. The molecule has 0 bridgehead atoms. The minimum Gasteiger partial charge on any atom is -0.449 e. The highest BCUT2D eigenvalue weighted by Gasteiger charge is 2.29. The van der Waals surface area contributed by atoms with Crippen molar-refractivity contribution in [3.8, 4) is 16.9 Å². The summed E-state index contributed by atoms with van der Waals surface area (Å²) in [4.78, 5) is 36.5. The molecule has 0 aromatic heterocycles. The highest BCUT2D eigenvalue weighted by atomic mass is 32.2. The molecule has 0 saturated heterocycles. The Morgan fingerprint density at radius 2 is 1.57 bits per heavy atom. The van der Waals surface area contributed by atoms with Crippen LogP contribution < -0.4 is 21.1 Å². The average molecular weight is 520 g/mol. The molecule has 1 aliphatic rings. The standard InChI is InChI=1S/C28H29N3O5S/c1-37-15-14-25(26(32)30-16-18-10-12-19(13-11-18)36-27(29)33)31-28(34)35-17-24-22-8-4-2-6-20(22)21-7-3-5-9-23(21)24/h2-13,24-25H,14-17H2,1H3,(H2,29,33)(H,30,32)(H,31,34). The van der Waals surface area contributed by atoms with Crippen LogP contribution in [-0.4, -0.2) is 42.8 Å². The van der Waals surface area contributed by atoms with Crippen LogP contribution in [0.25, 0.3) is 11.1 Å². The smallest absolute Gasteiger partial charge is 0.409 e. The molecular formula is C28H29N3O5S. The van der Waals surface area contributed by atoms with Gasteiger partial charge in [-0.1, -0.05) is 60.7 Å². The van der Waals surface area contributed by atoms with Crippen LogP contribution in [0.5, 0.6) is 5.75 Å². The van der Waals surface area contributed by atoms with Crippen LogP contribution in [0, 0.1) is 0 Å². The van der Waals surface area contributed by atoms with E-state index in [-0.39, 0.29) is 25.0 Å². The van der Waals surface area contributed by atoms with Crippen LogP contribution in [0.1, 0.15) is 29.0 Å². The molecule has 4 N–H and O–H groups in total. The van der Waals surface area contributed by atoms with E-state index < -0.39 is 18.2 Å². The fourth-order valence-corrected chi connectivity index (χ4v) is 4.86. The first-order chi connectivity index (χ1) is 18.0. The van der Waals surface area contributed by atoms with E-state index in [9.17, 15) is 14.4 Å². The Morgan fingerprint density at radius 3 is 2.16 bits per heavy atom. The van der Waals surface area contributed by atoms with Crippen molar-refractivity contribution in [2.75, 3.05) is 18.6 Å². The maximum Gasteiger partial charge on any atom is 0.409 e. The van der Waals surface area contributed by atoms with Gasteiger partial charge in [0.2, 0.25) is 5.91 Å². The zero-order valence-corrected chi connectivity index (χ0v) is 21.3. The number of hydrogen-bond donors (Lipinski definition) is 3. The van der Waals surface area contributed by atoms with Crippen molar-refractivity contribution in [2.45, 2.75) is 24.9 Å². The van der Waals surface area contributed by atoms with E-state index in [0.29, 0.717) is 17.9 Å². The summed E-state index contributed by atoms with van der Waals surface area (Å²) in [6.45, 7) is 0.425. The molecule has 37 heavy (non-hydrogen) atoms. The van der Waals surface area contributed by atoms with E-state index in [1.807, 2.05) is 30.5 Å². The molecule has 3 aromatic rings. The summed E-state index contributed by atoms with van der Waals surface area (Å²) in [6, 6.07) is 22.1. The van der Waals surface area contributed by atoms with Gasteiger partial charge >= 0.3 is 12.2 Å². The number of ether oxygens (including phenoxy) is 2. The lowest BCUT2D eigenvalue weighted by Crippen LogP contribution is -2.47. The summed E-state index contributed by atoms with van der Waals surface area (Å²) in [5, 5.41) is 5.58. The third-order valence-corrected chi connectivity index (χ3v) is 6.82. The lowest BCUT2D eigenvalue weighted by Gasteiger charge is -2.19. The van der Waals surface area contributed by atoms with Gasteiger partial charge in [0.1, 0.15) is 18.4 Å². The number of carbonyl (C=O) groups excluding carboxylic acids is 3. The molecule has 0 radical (unpaired) electrons. The zero-order valence-electron chi connectivity index (χ0n) is 20.4. The van der Waals surface area contributed by atoms with Crippen molar-refractivity contribution in [3.63, 3.8) is 0 Å². The van der Waals surface area contributed by atoms with Gasteiger partial charge in [-0.25, -0.2) is 9.59 Å². The number of primary amides is 1. The second-order valence-electron chi connectivity index (χ2n) is 8.59. The summed E-state index contributed by atoms with van der Waals surface area (Å²) in [5.74, 6) is 0.650. The number of nitrogens with two attached hydrogens (primary N) is 1. The summed E-state index contributed by atoms with van der Waals surface area (Å²) < 4.78 is 10.4. The topological polar surface area (TPSA) is 120 Å². The maximum absolute atomic E-state index is 12.9. The second kappa shape index (κ2) is 12.3. The molecule has 0 fully saturated rings. The Labute approximate surface area is 219 Å². The highest BCUT2D eigenvalue weighted by molar-refractivity contribution is 7.98. The number of alkyl carbamates (subject to hydrolysis) is 1. The molecule has 0 aliphatic heterocycles. The van der Waals surface area contributed by atoms with Gasteiger partial charge in [0.25, 0.3) is 0 Å². The number of rotatable bonds is 10. The summed E-state index contributed by atoms with van der Waals surface area (Å²) >= 11 is 1.59. The molecule has 3 amide bonds. The van der Waals surface area contributed by atoms with E-state index in [0.717, 1.165) is 27.8 Å². The molecule has 1 atom stereocenters. The van der Waals surface area contributed by atoms with Crippen molar-refractivity contribution in [2.24, 2.45) is 5.73 Å². The normalized spacial score (nSPS) is 12.7. The molecule has 1 unspecified atom stereocenters. The molecule has 0 spiro atoms. The van der Waals surface area contributed by atoms with Crippen LogP contribution in [0.3, 0.4) is 0 Å². The predicted octanol–water partition coefficient (Wildman–Crippen LogP) is 4.42. The average Bonchev–Trinajstić information content (AvgIpc) is 3.22. The third-order valence-electron chi connectivity index (χ3n) is 6.17. The molecule has 9 heteroatoms. The number of amides is 3. The summed E-state index contributed by atoms with van der Waals surface area (Å²) in [5.41, 5.74) is 10.4. The van der Waals surface area contributed by atoms with Gasteiger partial charge in [0.05, 0.1) is 0 Å². The van der Waals surface area contributed by atoms with E-state index in [1.54, 1.807) is 36.0 Å². The molecule has 1 aliphatic carbocycles. The number of nitrogens with one attached hydrogen (secondary N) is 2. The molecule has 192 valence electrons. The van der Waals surface area contributed by atoms with Crippen LogP contribution in [0.4, 0.5) is 9.59 Å². The lowest BCUT2D eigenvalue weighted by atomic mass is 9.98. The van der Waals surface area contributed by atoms with Gasteiger partial charge in [-0.15, -0.1) is 0 Å². The van der Waals surface area contributed by atoms with Crippen molar-refractivity contribution in [3.05, 3.63) is 89.5 Å². The van der Waals surface area contributed by atoms with Crippen molar-refractivity contribution >= 4 is 29.9 Å². The first-order valence-electron chi connectivity index (χ1n) is 11.9. The van der Waals surface area contributed by atoms with Gasteiger partial charge in [-0.05, 0) is 58.4 Å². The first kappa shape index (κ1) is 26.1. The SMILES string of the molecule is CSCCC(NC(=O)OCC1c2ccccc2-c2ccccc21)C(=O)NCc1ccc(OC(N)=O)cc1. The van der Waals surface area contributed by atoms with Crippen molar-refractivity contribution in [1.29, 1.82) is 0 Å². The Kier molecular flexibility index (Phi) is 8.68. The largest absolute Gasteiger partial charge is 0.449 e. The highest BCUT2D eigenvalue weighted by Crippen LogP contribution is 2.44. The van der Waals surface area contributed by atoms with Gasteiger partial charge in [-0.3, -0.25) is 4.79 Å². The third kappa shape index (κ3) is 6.62. The van der Waals surface area contributed by atoms with Gasteiger partial charge in [-0.2, -0.15) is 11.8 Å². The molecule has 0 saturated carbocycles. The Morgan fingerprint density at radius 1 is 0.946 bits per heavy atom. The van der Waals surface area contributed by atoms with Gasteiger partial charge in [0, 0.05) is 12.5 Å². The van der Waals surface area contributed by atoms with Crippen LogP contribution in [-0.2, 0) is 16.1 Å². The van der Waals surface area contributed by atoms with Crippen molar-refractivity contribution in [1.82, 2.24) is 10.6 Å². The fraction of sp³-hybridized carbons (Fsp3) is 0.250. The van der Waals surface area contributed by atoms with E-state index >= 15 is 0 Å². The fourth-order valence-electron chi connectivity index (χ4n) is 4.39. The Bertz CT molecular complexity index is 1220. The van der Waals surface area contributed by atoms with E-state index in [1.165, 1.54) is 0 Å². The molecule has 3 aromatic carbocycles. The number of carbonyl (C=O) groups is 3. The predicted molar refractivity (Wildman–Crippen MR) is 143 cm³/mol. The van der Waals surface area contributed by atoms with Gasteiger partial charge in [0.15, 0.2) is 0 Å². The monoisotopic (exact) mass is 519 g/mol. The second-order valence-corrected chi connectivity index (χ2v) is 9.57. The molecule has 8 nitrogen and oxygen atoms in total. The van der Waals surface area contributed by atoms with Crippen molar-refractivity contribution < 1.29 is 23.9 Å². The van der Waals surface area contributed by atoms with Crippen LogP contribution in [0.2, 0.25) is 0 Å².